The summed E-state index contributed by atoms with van der Waals surface area (Å²) in [6.45, 7) is 3.91. The van der Waals surface area contributed by atoms with Crippen molar-refractivity contribution >= 4 is 11.6 Å². The Morgan fingerprint density at radius 1 is 1.38 bits per heavy atom. The first-order valence-electron chi connectivity index (χ1n) is 6.85. The molecule has 0 unspecified atom stereocenters. The highest BCUT2D eigenvalue weighted by Gasteiger charge is 2.24. The van der Waals surface area contributed by atoms with E-state index in [0.717, 1.165) is 25.0 Å². The average Bonchev–Trinajstić information content (AvgIpc) is 2.46. The van der Waals surface area contributed by atoms with E-state index < -0.39 is 16.4 Å². The van der Waals surface area contributed by atoms with Gasteiger partial charge in [0.15, 0.2) is 5.75 Å². The molecule has 0 aliphatic rings. The highest BCUT2D eigenvalue weighted by Crippen LogP contribution is 2.27. The van der Waals surface area contributed by atoms with Crippen molar-refractivity contribution in [3.63, 3.8) is 0 Å². The number of nitro benzene ring substituents is 1. The number of amides is 1. The molecule has 0 radical (unpaired) electrons. The molecule has 21 heavy (non-hydrogen) atoms. The van der Waals surface area contributed by atoms with E-state index in [9.17, 15) is 20.0 Å². The molecule has 1 amide bonds. The zero-order valence-electron chi connectivity index (χ0n) is 12.2. The van der Waals surface area contributed by atoms with Gasteiger partial charge in [-0.25, -0.2) is 0 Å². The van der Waals surface area contributed by atoms with Crippen LogP contribution in [0, 0.1) is 10.1 Å². The summed E-state index contributed by atoms with van der Waals surface area (Å²) in [5.74, 6) is -0.901. The fraction of sp³-hybridized carbons (Fsp3) is 0.500. The molecule has 116 valence electrons. The number of aliphatic hydroxyl groups is 1. The number of phenols is 1. The molecule has 1 rings (SSSR count). The van der Waals surface area contributed by atoms with E-state index in [4.69, 9.17) is 5.11 Å². The summed E-state index contributed by atoms with van der Waals surface area (Å²) in [4.78, 5) is 23.9. The van der Waals surface area contributed by atoms with Crippen LogP contribution >= 0.6 is 0 Å². The Labute approximate surface area is 123 Å². The number of phenolic OH excluding ortho intramolecular Hbond substituents is 1. The van der Waals surface area contributed by atoms with Crippen LogP contribution in [0.15, 0.2) is 18.2 Å². The van der Waals surface area contributed by atoms with Crippen molar-refractivity contribution in [3.8, 4) is 5.75 Å². The lowest BCUT2D eigenvalue weighted by atomic mass is 10.1. The van der Waals surface area contributed by atoms with E-state index >= 15 is 0 Å². The number of hydrogen-bond donors (Lipinski definition) is 2. The van der Waals surface area contributed by atoms with Crippen LogP contribution in [0.1, 0.15) is 37.0 Å². The van der Waals surface area contributed by atoms with E-state index in [0.29, 0.717) is 0 Å². The topological polar surface area (TPSA) is 104 Å². The van der Waals surface area contributed by atoms with Crippen LogP contribution in [0.5, 0.6) is 5.75 Å². The number of carbonyl (C=O) groups is 1. The van der Waals surface area contributed by atoms with Crippen molar-refractivity contribution in [1.29, 1.82) is 0 Å². The van der Waals surface area contributed by atoms with Gasteiger partial charge in [-0.15, -0.1) is 0 Å². The van der Waals surface area contributed by atoms with Crippen LogP contribution in [0.25, 0.3) is 0 Å². The lowest BCUT2D eigenvalue weighted by molar-refractivity contribution is -0.385. The molecule has 0 spiro atoms. The molecule has 0 heterocycles. The third-order valence-corrected chi connectivity index (χ3v) is 3.40. The monoisotopic (exact) mass is 296 g/mol. The molecule has 0 atom stereocenters. The second-order valence-corrected chi connectivity index (χ2v) is 4.65. The van der Waals surface area contributed by atoms with E-state index in [2.05, 4.69) is 0 Å². The smallest absolute Gasteiger partial charge is 0.310 e. The summed E-state index contributed by atoms with van der Waals surface area (Å²) in [7, 11) is 0. The van der Waals surface area contributed by atoms with Gasteiger partial charge in [-0.05, 0) is 25.0 Å². The van der Waals surface area contributed by atoms with Crippen LogP contribution in [0.3, 0.4) is 0 Å². The van der Waals surface area contributed by atoms with Crippen LogP contribution in [0.2, 0.25) is 0 Å². The third-order valence-electron chi connectivity index (χ3n) is 3.40. The molecular formula is C14H20N2O5. The Bertz CT molecular complexity index is 514. The Hall–Kier alpha value is -2.15. The number of nitro groups is 1. The number of carbonyl (C=O) groups excluding carboxylic acids is 1. The first-order valence-corrected chi connectivity index (χ1v) is 6.85. The third kappa shape index (κ3) is 3.91. The zero-order chi connectivity index (χ0) is 16.0. The molecule has 7 heteroatoms. The number of aromatic hydroxyl groups is 1. The molecule has 0 aliphatic carbocycles. The summed E-state index contributed by atoms with van der Waals surface area (Å²) in [6, 6.07) is 3.48. The average molecular weight is 296 g/mol. The van der Waals surface area contributed by atoms with Crippen LogP contribution in [0.4, 0.5) is 5.69 Å². The number of rotatable bonds is 7. The van der Waals surface area contributed by atoms with Gasteiger partial charge in [-0.1, -0.05) is 13.8 Å². The molecule has 0 saturated heterocycles. The highest BCUT2D eigenvalue weighted by atomic mass is 16.6. The summed E-state index contributed by atoms with van der Waals surface area (Å²) in [5, 5.41) is 29.4. The van der Waals surface area contributed by atoms with Gasteiger partial charge in [0.1, 0.15) is 0 Å². The molecule has 0 saturated carbocycles. The second kappa shape index (κ2) is 7.58. The van der Waals surface area contributed by atoms with Crippen LogP contribution in [-0.2, 0) is 0 Å². The van der Waals surface area contributed by atoms with Gasteiger partial charge >= 0.3 is 5.69 Å². The highest BCUT2D eigenvalue weighted by molar-refractivity contribution is 5.95. The Morgan fingerprint density at radius 2 is 2.00 bits per heavy atom. The zero-order valence-corrected chi connectivity index (χ0v) is 12.2. The molecule has 0 aliphatic heterocycles. The molecule has 0 aromatic heterocycles. The molecule has 1 aromatic rings. The Kier molecular flexibility index (Phi) is 6.10. The van der Waals surface area contributed by atoms with E-state index in [1.165, 1.54) is 11.0 Å². The molecular weight excluding hydrogens is 276 g/mol. The maximum atomic E-state index is 12.5. The maximum absolute atomic E-state index is 12.5. The van der Waals surface area contributed by atoms with Gasteiger partial charge in [-0.2, -0.15) is 0 Å². The predicted molar refractivity (Wildman–Crippen MR) is 77.3 cm³/mol. The first-order chi connectivity index (χ1) is 9.96. The summed E-state index contributed by atoms with van der Waals surface area (Å²) < 4.78 is 0. The molecule has 0 fully saturated rings. The summed E-state index contributed by atoms with van der Waals surface area (Å²) >= 11 is 0. The fourth-order valence-corrected chi connectivity index (χ4v) is 2.26. The van der Waals surface area contributed by atoms with Crippen molar-refractivity contribution in [3.05, 3.63) is 33.9 Å². The SMILES string of the molecule is CCC(CC)N(CCO)C(=O)c1ccc([N+](=O)[O-])c(O)c1. The molecule has 2 N–H and O–H groups in total. The summed E-state index contributed by atoms with van der Waals surface area (Å²) in [6.07, 6.45) is 1.47. The van der Waals surface area contributed by atoms with Crippen molar-refractivity contribution in [2.45, 2.75) is 32.7 Å². The summed E-state index contributed by atoms with van der Waals surface area (Å²) in [5.41, 5.74) is -0.277. The Balaban J connectivity index is 3.09. The first kappa shape index (κ1) is 16.9. The second-order valence-electron chi connectivity index (χ2n) is 4.65. The quantitative estimate of drug-likeness (QED) is 0.591. The van der Waals surface area contributed by atoms with Gasteiger partial charge < -0.3 is 15.1 Å². The standard InChI is InChI=1S/C14H20N2O5/c1-3-11(4-2)15(7-8-17)14(19)10-5-6-12(16(20)21)13(18)9-10/h5-6,9,11,17-18H,3-4,7-8H2,1-2H3. The number of hydrogen-bond acceptors (Lipinski definition) is 5. The van der Waals surface area contributed by atoms with Gasteiger partial charge in [0.25, 0.3) is 5.91 Å². The van der Waals surface area contributed by atoms with Gasteiger partial charge in [0.2, 0.25) is 0 Å². The van der Waals surface area contributed by atoms with Gasteiger partial charge in [-0.3, -0.25) is 14.9 Å². The molecule has 0 bridgehead atoms. The normalized spacial score (nSPS) is 10.7. The van der Waals surface area contributed by atoms with Gasteiger partial charge in [0, 0.05) is 24.2 Å². The minimum atomic E-state index is -0.712. The van der Waals surface area contributed by atoms with E-state index in [1.807, 2.05) is 13.8 Å². The molecule has 1 aromatic carbocycles. The van der Waals surface area contributed by atoms with Crippen molar-refractivity contribution in [1.82, 2.24) is 4.90 Å². The fourth-order valence-electron chi connectivity index (χ4n) is 2.26. The van der Waals surface area contributed by atoms with E-state index in [-0.39, 0.29) is 30.7 Å². The van der Waals surface area contributed by atoms with Crippen LogP contribution in [-0.4, -0.2) is 45.1 Å². The van der Waals surface area contributed by atoms with Crippen molar-refractivity contribution in [2.75, 3.05) is 13.2 Å². The Morgan fingerprint density at radius 3 is 2.43 bits per heavy atom. The van der Waals surface area contributed by atoms with Crippen LogP contribution < -0.4 is 0 Å². The number of aliphatic hydroxyl groups excluding tert-OH is 1. The number of nitrogens with zero attached hydrogens (tertiary/aromatic N) is 2. The minimum Gasteiger partial charge on any atom is -0.502 e. The lowest BCUT2D eigenvalue weighted by Gasteiger charge is -2.30. The van der Waals surface area contributed by atoms with Gasteiger partial charge in [0.05, 0.1) is 11.5 Å². The van der Waals surface area contributed by atoms with Crippen molar-refractivity contribution < 1.29 is 19.9 Å². The maximum Gasteiger partial charge on any atom is 0.310 e. The molecule has 7 nitrogen and oxygen atoms in total. The minimum absolute atomic E-state index is 0.0259. The van der Waals surface area contributed by atoms with E-state index in [1.54, 1.807) is 0 Å². The number of benzene rings is 1. The predicted octanol–water partition coefficient (Wildman–Crippen LogP) is 1.92. The lowest BCUT2D eigenvalue weighted by Crippen LogP contribution is -2.41. The largest absolute Gasteiger partial charge is 0.502 e. The van der Waals surface area contributed by atoms with Crippen molar-refractivity contribution in [2.24, 2.45) is 0 Å².